The van der Waals surface area contributed by atoms with Gasteiger partial charge in [0.05, 0.1) is 42.1 Å². The number of nitrogens with zero attached hydrogens (tertiary/aromatic N) is 4. The van der Waals surface area contributed by atoms with Gasteiger partial charge in [-0.05, 0) is 69.8 Å². The number of ether oxygens (including phenoxy) is 1. The van der Waals surface area contributed by atoms with E-state index in [4.69, 9.17) is 4.74 Å². The zero-order valence-corrected chi connectivity index (χ0v) is 25.1. The van der Waals surface area contributed by atoms with Gasteiger partial charge < -0.3 is 14.5 Å². The van der Waals surface area contributed by atoms with Gasteiger partial charge in [0.2, 0.25) is 5.91 Å². The zero-order valence-electron chi connectivity index (χ0n) is 24.3. The molecule has 11 heteroatoms. The lowest BCUT2D eigenvalue weighted by Gasteiger charge is -2.55. The molecule has 4 heterocycles. The van der Waals surface area contributed by atoms with Crippen LogP contribution in [0, 0.1) is 23.1 Å². The summed E-state index contributed by atoms with van der Waals surface area (Å²) in [6, 6.07) is 7.07. The first-order valence-electron chi connectivity index (χ1n) is 15.2. The van der Waals surface area contributed by atoms with Crippen LogP contribution in [0.3, 0.4) is 0 Å². The lowest BCUT2D eigenvalue weighted by atomic mass is 9.72. The van der Waals surface area contributed by atoms with E-state index in [-0.39, 0.29) is 42.1 Å². The van der Waals surface area contributed by atoms with Crippen molar-refractivity contribution >= 4 is 23.5 Å². The number of rotatable bonds is 6. The van der Waals surface area contributed by atoms with Crippen molar-refractivity contribution in [2.24, 2.45) is 5.92 Å². The van der Waals surface area contributed by atoms with Crippen molar-refractivity contribution in [3.05, 3.63) is 42.2 Å². The number of fused-ring (bicyclic) bond motifs is 2. The van der Waals surface area contributed by atoms with E-state index in [1.807, 2.05) is 6.07 Å². The highest BCUT2D eigenvalue weighted by atomic mass is 32.2. The van der Waals surface area contributed by atoms with Gasteiger partial charge in [-0.25, -0.2) is 4.39 Å². The highest BCUT2D eigenvalue weighted by molar-refractivity contribution is 8.01. The second-order valence-electron chi connectivity index (χ2n) is 12.4. The van der Waals surface area contributed by atoms with E-state index in [9.17, 15) is 19.2 Å². The van der Waals surface area contributed by atoms with Crippen LogP contribution < -0.4 is 10.6 Å². The molecule has 226 valence electrons. The average Bonchev–Trinajstić information content (AvgIpc) is 3.42. The summed E-state index contributed by atoms with van der Waals surface area (Å²) in [6.45, 7) is 6.88. The number of halogens is 1. The van der Waals surface area contributed by atoms with Crippen molar-refractivity contribution < 1.29 is 18.7 Å². The summed E-state index contributed by atoms with van der Waals surface area (Å²) in [5.74, 6) is -0.307. The summed E-state index contributed by atoms with van der Waals surface area (Å²) in [5, 5.41) is 16.7. The lowest BCUT2D eigenvalue weighted by Crippen LogP contribution is -2.75. The average molecular weight is 597 g/mol. The molecule has 3 saturated heterocycles. The number of benzene rings is 1. The van der Waals surface area contributed by atoms with E-state index >= 15 is 0 Å². The summed E-state index contributed by atoms with van der Waals surface area (Å²) in [5.41, 5.74) is 0.981. The Labute approximate surface area is 251 Å². The standard InChI is InChI=1S/C31H41FN6O3S/c1-3-25(39)38-17-16-37(18-21(38)11-14-33)29-23-10-13-31(12-9-20-6-4-8-24(32)27(20)42-31)28(40)26(23)34-30(35-29)41-19-22-7-5-15-36(22)2/h3-4,6,8,21-23,26,29-30,34-35H,1,5,7,9-13,15-19H2,2H3/t21?,22?,23?,26?,29?,30?,31-/m0/s1. The van der Waals surface area contributed by atoms with E-state index in [2.05, 4.69) is 40.1 Å². The van der Waals surface area contributed by atoms with Gasteiger partial charge in [0.15, 0.2) is 12.1 Å². The SMILES string of the molecule is C=CC(=O)N1CCN(C2NC(OCC3CCCN3C)NC3C(=O)[C@]4(CCc5cccc(F)c5S4)CCC32)CC1CC#N. The first-order chi connectivity index (χ1) is 20.3. The fourth-order valence-corrected chi connectivity index (χ4v) is 9.19. The number of aryl methyl sites for hydroxylation is 1. The number of likely N-dealkylation sites (N-methyl/N-ethyl adjacent to an activating group) is 1. The van der Waals surface area contributed by atoms with Crippen molar-refractivity contribution in [2.75, 3.05) is 39.8 Å². The third-order valence-corrected chi connectivity index (χ3v) is 11.7. The second kappa shape index (κ2) is 12.3. The van der Waals surface area contributed by atoms with Gasteiger partial charge in [-0.15, -0.1) is 11.8 Å². The molecular formula is C31H41FN6O3S. The molecule has 1 spiro atoms. The van der Waals surface area contributed by atoms with Crippen LogP contribution in [-0.2, 0) is 20.7 Å². The molecule has 6 unspecified atom stereocenters. The van der Waals surface area contributed by atoms with Gasteiger partial charge in [-0.3, -0.25) is 25.1 Å². The van der Waals surface area contributed by atoms with Crippen LogP contribution in [0.4, 0.5) is 4.39 Å². The maximum Gasteiger partial charge on any atom is 0.246 e. The lowest BCUT2D eigenvalue weighted by molar-refractivity contribution is -0.145. The number of ketones is 1. The van der Waals surface area contributed by atoms with E-state index in [0.29, 0.717) is 56.4 Å². The largest absolute Gasteiger partial charge is 0.348 e. The summed E-state index contributed by atoms with van der Waals surface area (Å²) in [6.07, 6.45) is 5.94. The Bertz CT molecular complexity index is 1260. The Balaban J connectivity index is 1.25. The molecule has 42 heavy (non-hydrogen) atoms. The van der Waals surface area contributed by atoms with E-state index in [0.717, 1.165) is 31.4 Å². The number of hydrogen-bond acceptors (Lipinski definition) is 9. The van der Waals surface area contributed by atoms with Crippen LogP contribution in [-0.4, -0.2) is 102 Å². The van der Waals surface area contributed by atoms with Gasteiger partial charge in [0.25, 0.3) is 0 Å². The van der Waals surface area contributed by atoms with Crippen molar-refractivity contribution in [2.45, 2.75) is 85.2 Å². The predicted molar refractivity (Wildman–Crippen MR) is 158 cm³/mol. The summed E-state index contributed by atoms with van der Waals surface area (Å²) < 4.78 is 20.6. The van der Waals surface area contributed by atoms with Gasteiger partial charge in [0.1, 0.15) is 5.82 Å². The molecule has 7 atom stereocenters. The Hall–Kier alpha value is -2.33. The molecule has 1 aromatic carbocycles. The van der Waals surface area contributed by atoms with E-state index in [1.165, 1.54) is 23.9 Å². The summed E-state index contributed by atoms with van der Waals surface area (Å²) in [7, 11) is 2.12. The number of likely N-dealkylation sites (tertiary alicyclic amines) is 1. The van der Waals surface area contributed by atoms with Gasteiger partial charge in [-0.1, -0.05) is 18.7 Å². The molecule has 0 bridgehead atoms. The Morgan fingerprint density at radius 1 is 1.26 bits per heavy atom. The number of carbonyl (C=O) groups is 2. The highest BCUT2D eigenvalue weighted by Crippen LogP contribution is 2.52. The number of nitrogens with one attached hydrogen (secondary N) is 2. The first-order valence-corrected chi connectivity index (χ1v) is 16.0. The Kier molecular flexibility index (Phi) is 8.74. The van der Waals surface area contributed by atoms with Crippen LogP contribution in [0.15, 0.2) is 35.7 Å². The van der Waals surface area contributed by atoms with Gasteiger partial charge in [-0.2, -0.15) is 5.26 Å². The third-order valence-electron chi connectivity index (χ3n) is 10.1. The fourth-order valence-electron chi connectivity index (χ4n) is 7.68. The summed E-state index contributed by atoms with van der Waals surface area (Å²) >= 11 is 1.42. The smallest absolute Gasteiger partial charge is 0.246 e. The predicted octanol–water partition coefficient (Wildman–Crippen LogP) is 2.48. The number of nitriles is 1. The van der Waals surface area contributed by atoms with Crippen LogP contribution in [0.5, 0.6) is 0 Å². The number of thioether (sulfide) groups is 1. The Morgan fingerprint density at radius 2 is 2.12 bits per heavy atom. The normalized spacial score (nSPS) is 35.5. The highest BCUT2D eigenvalue weighted by Gasteiger charge is 2.56. The van der Waals surface area contributed by atoms with Gasteiger partial charge in [0, 0.05) is 36.5 Å². The second-order valence-corrected chi connectivity index (χ2v) is 13.8. The van der Waals surface area contributed by atoms with Crippen molar-refractivity contribution in [3.63, 3.8) is 0 Å². The molecule has 2 N–H and O–H groups in total. The Morgan fingerprint density at radius 3 is 2.88 bits per heavy atom. The quantitative estimate of drug-likeness (QED) is 0.480. The number of Topliss-reactive ketones (excluding diaryl/α,β-unsaturated/α-hetero) is 1. The zero-order chi connectivity index (χ0) is 29.4. The van der Waals surface area contributed by atoms with E-state index in [1.54, 1.807) is 11.0 Å². The third kappa shape index (κ3) is 5.53. The minimum Gasteiger partial charge on any atom is -0.348 e. The van der Waals surface area contributed by atoms with Crippen molar-refractivity contribution in [1.29, 1.82) is 5.26 Å². The minimum atomic E-state index is -0.667. The van der Waals surface area contributed by atoms with Crippen LogP contribution >= 0.6 is 11.8 Å². The molecular weight excluding hydrogens is 555 g/mol. The molecule has 1 aliphatic carbocycles. The van der Waals surface area contributed by atoms with Crippen LogP contribution in [0.25, 0.3) is 0 Å². The van der Waals surface area contributed by atoms with Crippen molar-refractivity contribution in [3.8, 4) is 6.07 Å². The number of hydrogen-bond donors (Lipinski definition) is 2. The van der Waals surface area contributed by atoms with Crippen molar-refractivity contribution in [1.82, 2.24) is 25.3 Å². The van der Waals surface area contributed by atoms with Crippen LogP contribution in [0.2, 0.25) is 0 Å². The number of amides is 1. The molecule has 4 aliphatic heterocycles. The molecule has 1 amide bonds. The molecule has 4 fully saturated rings. The minimum absolute atomic E-state index is 0.0239. The molecule has 1 saturated carbocycles. The maximum absolute atomic E-state index is 14.9. The monoisotopic (exact) mass is 596 g/mol. The maximum atomic E-state index is 14.9. The first kappa shape index (κ1) is 29.7. The fraction of sp³-hybridized carbons (Fsp3) is 0.645. The van der Waals surface area contributed by atoms with Crippen LogP contribution in [0.1, 0.15) is 44.1 Å². The topological polar surface area (TPSA) is 101 Å². The summed E-state index contributed by atoms with van der Waals surface area (Å²) in [4.78, 5) is 34.0. The van der Waals surface area contributed by atoms with Gasteiger partial charge >= 0.3 is 0 Å². The number of carbonyl (C=O) groups excluding carboxylic acids is 2. The molecule has 9 nitrogen and oxygen atoms in total. The molecule has 1 aromatic rings. The van der Waals surface area contributed by atoms with E-state index < -0.39 is 17.1 Å². The molecule has 0 radical (unpaired) electrons. The molecule has 0 aromatic heterocycles. The molecule has 6 rings (SSSR count). The number of piperazine rings is 1. The molecule has 5 aliphatic rings.